The Morgan fingerprint density at radius 2 is 2.19 bits per heavy atom. The third-order valence-corrected chi connectivity index (χ3v) is 3.80. The summed E-state index contributed by atoms with van der Waals surface area (Å²) in [7, 11) is 1.84. The van der Waals surface area contributed by atoms with Gasteiger partial charge in [0.2, 0.25) is 0 Å². The number of ether oxygens (including phenoxy) is 1. The third kappa shape index (κ3) is 4.28. The molecule has 1 unspecified atom stereocenters. The molecule has 1 heterocycles. The molecule has 0 amide bonds. The Hall–Kier alpha value is -1.40. The first-order valence-electron chi connectivity index (χ1n) is 7.02. The van der Waals surface area contributed by atoms with Gasteiger partial charge in [0.25, 0.3) is 0 Å². The first kappa shape index (κ1) is 16.0. The van der Waals surface area contributed by atoms with E-state index in [1.54, 1.807) is 4.68 Å². The molecular formula is C15H21BrN4O. The molecular weight excluding hydrogens is 332 g/mol. The lowest BCUT2D eigenvalue weighted by molar-refractivity contribution is 0.295. The maximum atomic E-state index is 6.09. The molecule has 1 aromatic carbocycles. The first-order valence-corrected chi connectivity index (χ1v) is 7.81. The number of hydrogen-bond acceptors (Lipinski definition) is 4. The Morgan fingerprint density at radius 1 is 1.43 bits per heavy atom. The number of nitrogens with zero attached hydrogens (tertiary/aromatic N) is 3. The third-order valence-electron chi connectivity index (χ3n) is 3.34. The van der Waals surface area contributed by atoms with Crippen molar-refractivity contribution in [3.05, 3.63) is 39.6 Å². The zero-order chi connectivity index (χ0) is 15.4. The van der Waals surface area contributed by atoms with Gasteiger partial charge in [-0.25, -0.2) is 0 Å². The summed E-state index contributed by atoms with van der Waals surface area (Å²) in [5, 5.41) is 7.95. The fourth-order valence-corrected chi connectivity index (χ4v) is 2.81. The number of benzene rings is 1. The van der Waals surface area contributed by atoms with E-state index in [2.05, 4.69) is 39.2 Å². The van der Waals surface area contributed by atoms with Crippen LogP contribution in [0.1, 0.15) is 30.2 Å². The highest BCUT2D eigenvalue weighted by Gasteiger charge is 2.13. The van der Waals surface area contributed by atoms with E-state index in [-0.39, 0.29) is 6.04 Å². The van der Waals surface area contributed by atoms with Crippen molar-refractivity contribution in [1.82, 2.24) is 15.0 Å². The van der Waals surface area contributed by atoms with Crippen LogP contribution in [0.4, 0.5) is 0 Å². The Bertz CT molecular complexity index is 612. The average Bonchev–Trinajstić information content (AvgIpc) is 2.83. The van der Waals surface area contributed by atoms with Gasteiger partial charge in [-0.05, 0) is 43.0 Å². The molecule has 21 heavy (non-hydrogen) atoms. The molecule has 0 fully saturated rings. The Kier molecular flexibility index (Phi) is 5.36. The molecule has 6 heteroatoms. The van der Waals surface area contributed by atoms with Crippen molar-refractivity contribution in [2.75, 3.05) is 0 Å². The predicted octanol–water partition coefficient (Wildman–Crippen LogP) is 2.74. The Labute approximate surface area is 133 Å². The van der Waals surface area contributed by atoms with Crippen molar-refractivity contribution >= 4 is 15.9 Å². The Balaban J connectivity index is 2.19. The molecule has 1 aromatic heterocycles. The van der Waals surface area contributed by atoms with E-state index in [0.717, 1.165) is 39.9 Å². The van der Waals surface area contributed by atoms with Crippen LogP contribution < -0.4 is 10.5 Å². The molecule has 0 aliphatic carbocycles. The molecule has 0 aliphatic heterocycles. The van der Waals surface area contributed by atoms with Gasteiger partial charge < -0.3 is 10.5 Å². The van der Waals surface area contributed by atoms with Gasteiger partial charge in [-0.15, -0.1) is 5.10 Å². The van der Waals surface area contributed by atoms with Crippen LogP contribution in [0.2, 0.25) is 0 Å². The summed E-state index contributed by atoms with van der Waals surface area (Å²) in [6.07, 6.45) is 3.59. The second-order valence-electron chi connectivity index (χ2n) is 5.26. The van der Waals surface area contributed by atoms with E-state index < -0.39 is 0 Å². The molecule has 2 aromatic rings. The summed E-state index contributed by atoms with van der Waals surface area (Å²) >= 11 is 3.54. The summed E-state index contributed by atoms with van der Waals surface area (Å²) in [5.74, 6) is 0.896. The van der Waals surface area contributed by atoms with Crippen molar-refractivity contribution in [3.63, 3.8) is 0 Å². The maximum Gasteiger partial charge on any atom is 0.134 e. The van der Waals surface area contributed by atoms with E-state index in [9.17, 15) is 0 Å². The molecule has 5 nitrogen and oxygen atoms in total. The predicted molar refractivity (Wildman–Crippen MR) is 86.2 cm³/mol. The number of aryl methyl sites for hydroxylation is 2. The van der Waals surface area contributed by atoms with Gasteiger partial charge in [-0.2, -0.15) is 0 Å². The van der Waals surface area contributed by atoms with Crippen molar-refractivity contribution in [3.8, 4) is 5.75 Å². The van der Waals surface area contributed by atoms with Crippen LogP contribution in [0.5, 0.6) is 5.75 Å². The summed E-state index contributed by atoms with van der Waals surface area (Å²) < 4.78 is 8.69. The molecule has 0 radical (unpaired) electrons. The van der Waals surface area contributed by atoms with Crippen molar-refractivity contribution in [2.24, 2.45) is 12.8 Å². The highest BCUT2D eigenvalue weighted by Crippen LogP contribution is 2.29. The van der Waals surface area contributed by atoms with E-state index >= 15 is 0 Å². The molecule has 2 rings (SSSR count). The van der Waals surface area contributed by atoms with Gasteiger partial charge in [0.15, 0.2) is 0 Å². The zero-order valence-electron chi connectivity index (χ0n) is 12.6. The SMILES string of the molecule is CCC(N)Cc1cc(Br)cc(C)c1OCc1cn(C)nn1. The molecule has 1 atom stereocenters. The maximum absolute atomic E-state index is 6.09. The topological polar surface area (TPSA) is 66.0 Å². The minimum Gasteiger partial charge on any atom is -0.487 e. The van der Waals surface area contributed by atoms with Gasteiger partial charge in [0.1, 0.15) is 18.1 Å². The summed E-state index contributed by atoms with van der Waals surface area (Å²) in [6.45, 7) is 4.54. The molecule has 0 spiro atoms. The molecule has 114 valence electrons. The van der Waals surface area contributed by atoms with Crippen molar-refractivity contribution in [1.29, 1.82) is 0 Å². The number of hydrogen-bond donors (Lipinski definition) is 1. The van der Waals surface area contributed by atoms with Crippen LogP contribution >= 0.6 is 15.9 Å². The number of nitrogens with two attached hydrogens (primary N) is 1. The normalized spacial score (nSPS) is 12.4. The van der Waals surface area contributed by atoms with Gasteiger partial charge in [0.05, 0.1) is 6.20 Å². The molecule has 0 saturated heterocycles. The fourth-order valence-electron chi connectivity index (χ4n) is 2.19. The van der Waals surface area contributed by atoms with Gasteiger partial charge in [0, 0.05) is 17.6 Å². The van der Waals surface area contributed by atoms with Crippen LogP contribution in [-0.2, 0) is 20.1 Å². The van der Waals surface area contributed by atoms with Crippen LogP contribution in [0.25, 0.3) is 0 Å². The average molecular weight is 353 g/mol. The largest absolute Gasteiger partial charge is 0.487 e. The second kappa shape index (κ2) is 7.04. The number of halogens is 1. The fraction of sp³-hybridized carbons (Fsp3) is 0.467. The van der Waals surface area contributed by atoms with Crippen LogP contribution in [0.15, 0.2) is 22.8 Å². The first-order chi connectivity index (χ1) is 9.99. The standard InChI is InChI=1S/C15H21BrN4O/c1-4-13(17)7-11-6-12(16)5-10(2)15(11)21-9-14-8-20(3)19-18-14/h5-6,8,13H,4,7,9,17H2,1-3H3. The monoisotopic (exact) mass is 352 g/mol. The van der Waals surface area contributed by atoms with Crippen LogP contribution in [0, 0.1) is 6.92 Å². The van der Waals surface area contributed by atoms with E-state index in [1.165, 1.54) is 0 Å². The van der Waals surface area contributed by atoms with Gasteiger partial charge in [-0.3, -0.25) is 4.68 Å². The Morgan fingerprint density at radius 3 is 2.81 bits per heavy atom. The number of aromatic nitrogens is 3. The van der Waals surface area contributed by atoms with Crippen LogP contribution in [0.3, 0.4) is 0 Å². The minimum absolute atomic E-state index is 0.137. The summed E-state index contributed by atoms with van der Waals surface area (Å²) in [5.41, 5.74) is 9.11. The van der Waals surface area contributed by atoms with Gasteiger partial charge in [-0.1, -0.05) is 28.1 Å². The lowest BCUT2D eigenvalue weighted by Crippen LogP contribution is -2.22. The summed E-state index contributed by atoms with van der Waals surface area (Å²) in [6, 6.07) is 4.26. The van der Waals surface area contributed by atoms with Gasteiger partial charge >= 0.3 is 0 Å². The highest BCUT2D eigenvalue weighted by molar-refractivity contribution is 9.10. The molecule has 0 bridgehead atoms. The summed E-state index contributed by atoms with van der Waals surface area (Å²) in [4.78, 5) is 0. The lowest BCUT2D eigenvalue weighted by atomic mass is 10.0. The molecule has 2 N–H and O–H groups in total. The second-order valence-corrected chi connectivity index (χ2v) is 6.17. The van der Waals surface area contributed by atoms with E-state index in [1.807, 2.05) is 26.2 Å². The minimum atomic E-state index is 0.137. The zero-order valence-corrected chi connectivity index (χ0v) is 14.2. The van der Waals surface area contributed by atoms with Crippen molar-refractivity contribution in [2.45, 2.75) is 39.3 Å². The van der Waals surface area contributed by atoms with Crippen molar-refractivity contribution < 1.29 is 4.74 Å². The molecule has 0 aliphatic rings. The highest BCUT2D eigenvalue weighted by atomic mass is 79.9. The smallest absolute Gasteiger partial charge is 0.134 e. The lowest BCUT2D eigenvalue weighted by Gasteiger charge is -2.16. The quantitative estimate of drug-likeness (QED) is 0.867. The number of rotatable bonds is 6. The van der Waals surface area contributed by atoms with Crippen LogP contribution in [-0.4, -0.2) is 21.0 Å². The molecule has 0 saturated carbocycles. The van der Waals surface area contributed by atoms with E-state index in [0.29, 0.717) is 6.61 Å². The van der Waals surface area contributed by atoms with E-state index in [4.69, 9.17) is 10.5 Å².